The number of benzene rings is 2. The Morgan fingerprint density at radius 3 is 2.17 bits per heavy atom. The third kappa shape index (κ3) is 4.92. The van der Waals surface area contributed by atoms with E-state index >= 15 is 0 Å². The van der Waals surface area contributed by atoms with Gasteiger partial charge in [-0.25, -0.2) is 0 Å². The lowest BCUT2D eigenvalue weighted by Gasteiger charge is -2.11. The van der Waals surface area contributed by atoms with Gasteiger partial charge >= 0.3 is 0 Å². The molecule has 0 aromatic heterocycles. The minimum atomic E-state index is 0.0809. The second-order valence-corrected chi connectivity index (χ2v) is 5.37. The number of rotatable bonds is 7. The maximum atomic E-state index is 5.57. The molecule has 0 fully saturated rings. The van der Waals surface area contributed by atoms with Gasteiger partial charge in [0.1, 0.15) is 18.2 Å². The van der Waals surface area contributed by atoms with E-state index in [0.717, 1.165) is 21.7 Å². The summed E-state index contributed by atoms with van der Waals surface area (Å²) in [4.78, 5) is 8.99. The van der Waals surface area contributed by atoms with E-state index in [1.165, 1.54) is 11.8 Å². The van der Waals surface area contributed by atoms with Gasteiger partial charge in [-0.3, -0.25) is 15.7 Å². The van der Waals surface area contributed by atoms with Crippen LogP contribution in [0.25, 0.3) is 11.1 Å². The van der Waals surface area contributed by atoms with E-state index in [1.54, 1.807) is 0 Å². The Kier molecular flexibility index (Phi) is 8.78. The normalized spacial score (nSPS) is 9.67. The molecule has 0 unspecified atom stereocenters. The fourth-order valence-electron chi connectivity index (χ4n) is 2.06. The molecule has 0 aliphatic carbocycles. The predicted molar refractivity (Wildman–Crippen MR) is 106 cm³/mol. The summed E-state index contributed by atoms with van der Waals surface area (Å²) in [6.07, 6.45) is 0. The van der Waals surface area contributed by atoms with E-state index in [9.17, 15) is 0 Å². The minimum absolute atomic E-state index is 0.0809. The summed E-state index contributed by atoms with van der Waals surface area (Å²) in [6.45, 7) is 11.2. The molecule has 0 saturated carbocycles. The summed E-state index contributed by atoms with van der Waals surface area (Å²) >= 11 is 1.53. The van der Waals surface area contributed by atoms with Crippen LogP contribution < -0.4 is 16.2 Å². The van der Waals surface area contributed by atoms with Crippen molar-refractivity contribution in [3.05, 3.63) is 36.4 Å². The molecule has 4 N–H and O–H groups in total. The molecule has 0 amide bonds. The molecule has 0 radical (unpaired) electrons. The molecule has 128 valence electrons. The van der Waals surface area contributed by atoms with Gasteiger partial charge in [0, 0.05) is 10.8 Å². The lowest BCUT2D eigenvalue weighted by molar-refractivity contribution is 0.331. The lowest BCUT2D eigenvalue weighted by Crippen LogP contribution is -2.07. The third-order valence-electron chi connectivity index (χ3n) is 3.07. The summed E-state index contributed by atoms with van der Waals surface area (Å²) in [5.41, 5.74) is 14.5. The first-order valence-electron chi connectivity index (χ1n) is 7.61. The van der Waals surface area contributed by atoms with Gasteiger partial charge in [0.15, 0.2) is 0 Å². The Hall–Kier alpha value is -2.15. The Morgan fingerprint density at radius 1 is 0.958 bits per heavy atom. The van der Waals surface area contributed by atoms with Gasteiger partial charge in [-0.2, -0.15) is 0 Å². The van der Waals surface area contributed by atoms with Gasteiger partial charge in [-0.15, -0.1) is 11.8 Å². The predicted octanol–water partition coefficient (Wildman–Crippen LogP) is 4.35. The monoisotopic (exact) mass is 344 g/mol. The molecule has 2 rings (SSSR count). The molecule has 6 heteroatoms. The number of thioether (sulfide) groups is 1. The molecular weight excluding hydrogens is 320 g/mol. The van der Waals surface area contributed by atoms with Crippen LogP contribution in [0.1, 0.15) is 13.8 Å². The Bertz CT molecular complexity index is 689. The fourth-order valence-corrected chi connectivity index (χ4v) is 2.68. The van der Waals surface area contributed by atoms with Crippen molar-refractivity contribution in [2.75, 3.05) is 12.6 Å². The van der Waals surface area contributed by atoms with Crippen molar-refractivity contribution in [3.63, 3.8) is 0 Å². The summed E-state index contributed by atoms with van der Waals surface area (Å²) < 4.78 is 5.40. The first-order chi connectivity index (χ1) is 11.7. The summed E-state index contributed by atoms with van der Waals surface area (Å²) in [5.74, 6) is 1.10. The zero-order valence-electron chi connectivity index (χ0n) is 14.2. The molecule has 0 spiro atoms. The summed E-state index contributed by atoms with van der Waals surface area (Å²) in [7, 11) is 0. The topological polar surface area (TPSA) is 86.0 Å². The van der Waals surface area contributed by atoms with E-state index in [1.807, 2.05) is 50.2 Å². The fraction of sp³-hybridized carbons (Fsp3) is 0.222. The van der Waals surface area contributed by atoms with Crippen LogP contribution in [0.15, 0.2) is 51.3 Å². The van der Waals surface area contributed by atoms with Crippen molar-refractivity contribution in [2.24, 2.45) is 21.5 Å². The highest BCUT2D eigenvalue weighted by atomic mass is 32.2. The maximum absolute atomic E-state index is 5.57. The molecule has 2 aromatic carbocycles. The van der Waals surface area contributed by atoms with E-state index in [4.69, 9.17) is 16.2 Å². The SMILES string of the molecule is C=Nc1ccc(-c2ccc(SCN)c(N=C)c2)cc1OCN.CC. The van der Waals surface area contributed by atoms with E-state index in [0.29, 0.717) is 17.3 Å². The average molecular weight is 344 g/mol. The molecule has 2 aromatic rings. The molecule has 0 aliphatic rings. The van der Waals surface area contributed by atoms with Crippen LogP contribution >= 0.6 is 11.8 Å². The summed E-state index contributed by atoms with van der Waals surface area (Å²) in [6, 6.07) is 11.6. The Balaban J connectivity index is 0.00000139. The van der Waals surface area contributed by atoms with Crippen LogP contribution in [0.2, 0.25) is 0 Å². The van der Waals surface area contributed by atoms with Gasteiger partial charge in [-0.1, -0.05) is 26.0 Å². The van der Waals surface area contributed by atoms with Gasteiger partial charge in [0.2, 0.25) is 0 Å². The molecule has 0 atom stereocenters. The van der Waals surface area contributed by atoms with E-state index in [2.05, 4.69) is 23.4 Å². The average Bonchev–Trinajstić information content (AvgIpc) is 2.64. The maximum Gasteiger partial charge on any atom is 0.147 e. The molecule has 0 aliphatic heterocycles. The summed E-state index contributed by atoms with van der Waals surface area (Å²) in [5, 5.41) is 0. The van der Waals surface area contributed by atoms with Crippen molar-refractivity contribution < 1.29 is 4.74 Å². The number of ether oxygens (including phenoxy) is 1. The third-order valence-corrected chi connectivity index (χ3v) is 3.89. The molecule has 0 saturated heterocycles. The zero-order chi connectivity index (χ0) is 17.9. The first-order valence-corrected chi connectivity index (χ1v) is 8.59. The van der Waals surface area contributed by atoms with Gasteiger partial charge in [-0.05, 0) is 48.8 Å². The number of aliphatic imine (C=N–C) groups is 2. The Morgan fingerprint density at radius 2 is 1.58 bits per heavy atom. The van der Waals surface area contributed by atoms with E-state index in [-0.39, 0.29) is 6.73 Å². The van der Waals surface area contributed by atoms with Crippen LogP contribution in [0.3, 0.4) is 0 Å². The highest BCUT2D eigenvalue weighted by Gasteiger charge is 2.08. The number of nitrogens with zero attached hydrogens (tertiary/aromatic N) is 2. The van der Waals surface area contributed by atoms with Crippen LogP contribution in [0.5, 0.6) is 5.75 Å². The van der Waals surface area contributed by atoms with Gasteiger partial charge in [0.05, 0.1) is 5.69 Å². The van der Waals surface area contributed by atoms with Crippen molar-refractivity contribution in [1.29, 1.82) is 0 Å². The lowest BCUT2D eigenvalue weighted by atomic mass is 10.0. The molecule has 0 bridgehead atoms. The first kappa shape index (κ1) is 19.9. The number of hydrogen-bond acceptors (Lipinski definition) is 6. The van der Waals surface area contributed by atoms with Crippen molar-refractivity contribution in [3.8, 4) is 16.9 Å². The Labute approximate surface area is 147 Å². The van der Waals surface area contributed by atoms with E-state index < -0.39 is 0 Å². The van der Waals surface area contributed by atoms with Crippen molar-refractivity contribution in [2.45, 2.75) is 18.7 Å². The van der Waals surface area contributed by atoms with Crippen LogP contribution in [-0.2, 0) is 0 Å². The highest BCUT2D eigenvalue weighted by molar-refractivity contribution is 7.99. The van der Waals surface area contributed by atoms with Gasteiger partial charge < -0.3 is 10.5 Å². The van der Waals surface area contributed by atoms with Crippen LogP contribution in [0, 0.1) is 0 Å². The molecule has 5 nitrogen and oxygen atoms in total. The molecule has 0 heterocycles. The standard InChI is InChI=1S/C16H18N4OS.C2H6/c1-19-13-5-3-12(8-15(13)21-9-17)11-4-6-16(22-10-18)14(7-11)20-2;1-2/h3-8H,1-2,9-10,17-18H2;1-2H3. The number of nitrogens with two attached hydrogens (primary N) is 2. The van der Waals surface area contributed by atoms with Gasteiger partial charge in [0.25, 0.3) is 0 Å². The number of hydrogen-bond donors (Lipinski definition) is 2. The smallest absolute Gasteiger partial charge is 0.147 e. The quantitative estimate of drug-likeness (QED) is 0.444. The largest absolute Gasteiger partial charge is 0.476 e. The van der Waals surface area contributed by atoms with Crippen molar-refractivity contribution in [1.82, 2.24) is 0 Å². The molecule has 24 heavy (non-hydrogen) atoms. The van der Waals surface area contributed by atoms with Crippen molar-refractivity contribution >= 4 is 36.6 Å². The zero-order valence-corrected chi connectivity index (χ0v) is 15.0. The molecular formula is C18H24N4OS. The second-order valence-electron chi connectivity index (χ2n) is 4.30. The second kappa shape index (κ2) is 10.6. The van der Waals surface area contributed by atoms with Crippen LogP contribution in [-0.4, -0.2) is 26.0 Å². The highest BCUT2D eigenvalue weighted by Crippen LogP contribution is 2.36. The van der Waals surface area contributed by atoms with Crippen LogP contribution in [0.4, 0.5) is 11.4 Å². The minimum Gasteiger partial charge on any atom is -0.476 e.